The number of nitrogens with one attached hydrogen (secondary N) is 1. The second-order valence-electron chi connectivity index (χ2n) is 6.66. The minimum Gasteiger partial charge on any atom is -0.505 e. The summed E-state index contributed by atoms with van der Waals surface area (Å²) in [4.78, 5) is 1.60. The molecular formula is C19H19Cl2F7N2O2. The molecule has 0 spiro atoms. The lowest BCUT2D eigenvalue weighted by molar-refractivity contribution is -0.274. The van der Waals surface area contributed by atoms with Gasteiger partial charge in [0.1, 0.15) is 5.75 Å². The number of aromatic hydroxyl groups is 1. The van der Waals surface area contributed by atoms with Gasteiger partial charge in [0, 0.05) is 31.7 Å². The molecular weight excluding hydrogens is 492 g/mol. The molecule has 0 bridgehead atoms. The third kappa shape index (κ3) is 6.53. The maximum absolute atomic E-state index is 14.0. The predicted octanol–water partition coefficient (Wildman–Crippen LogP) is 5.29. The molecule has 1 fully saturated rings. The van der Waals surface area contributed by atoms with Crippen molar-refractivity contribution in [1.29, 1.82) is 0 Å². The van der Waals surface area contributed by atoms with Crippen molar-refractivity contribution in [3.05, 3.63) is 58.9 Å². The highest BCUT2D eigenvalue weighted by Gasteiger charge is 2.40. The van der Waals surface area contributed by atoms with Gasteiger partial charge in [-0.2, -0.15) is 13.2 Å². The zero-order chi connectivity index (χ0) is 22.1. The molecule has 13 heteroatoms. The molecule has 2 aromatic rings. The number of hydrogen-bond donors (Lipinski definition) is 2. The molecule has 4 nitrogen and oxygen atoms in total. The summed E-state index contributed by atoms with van der Waals surface area (Å²) in [7, 11) is 0. The normalized spacial score (nSPS) is 16.0. The van der Waals surface area contributed by atoms with Gasteiger partial charge >= 0.3 is 12.5 Å². The molecule has 2 aromatic carbocycles. The van der Waals surface area contributed by atoms with E-state index in [1.807, 2.05) is 0 Å². The maximum Gasteiger partial charge on any atom is 0.573 e. The molecule has 1 saturated heterocycles. The maximum atomic E-state index is 14.0. The zero-order valence-electron chi connectivity index (χ0n) is 16.1. The van der Waals surface area contributed by atoms with Gasteiger partial charge in [0.2, 0.25) is 0 Å². The van der Waals surface area contributed by atoms with Crippen molar-refractivity contribution in [3.8, 4) is 11.5 Å². The minimum absolute atomic E-state index is 0. The summed E-state index contributed by atoms with van der Waals surface area (Å²) in [5, 5.41) is 13.3. The molecule has 180 valence electrons. The van der Waals surface area contributed by atoms with E-state index in [1.54, 1.807) is 4.90 Å². The molecule has 1 aliphatic heterocycles. The highest BCUT2D eigenvalue weighted by Crippen LogP contribution is 2.44. The first kappa shape index (κ1) is 28.1. The lowest BCUT2D eigenvalue weighted by atomic mass is 9.91. The molecule has 0 radical (unpaired) electrons. The second-order valence-corrected chi connectivity index (χ2v) is 6.66. The van der Waals surface area contributed by atoms with Crippen LogP contribution in [0.15, 0.2) is 36.4 Å². The van der Waals surface area contributed by atoms with Crippen LogP contribution in [0.4, 0.5) is 30.7 Å². The highest BCUT2D eigenvalue weighted by molar-refractivity contribution is 5.85. The Labute approximate surface area is 191 Å². The van der Waals surface area contributed by atoms with Crippen molar-refractivity contribution >= 4 is 24.8 Å². The fraction of sp³-hybridized carbons (Fsp3) is 0.368. The highest BCUT2D eigenvalue weighted by atomic mass is 35.5. The van der Waals surface area contributed by atoms with Crippen LogP contribution in [0.2, 0.25) is 0 Å². The third-order valence-electron chi connectivity index (χ3n) is 4.69. The van der Waals surface area contributed by atoms with Crippen LogP contribution >= 0.6 is 24.8 Å². The van der Waals surface area contributed by atoms with Crippen LogP contribution in [0.5, 0.6) is 11.5 Å². The second kappa shape index (κ2) is 10.8. The summed E-state index contributed by atoms with van der Waals surface area (Å²) in [6, 6.07) is 4.08. The number of phenolic OH excluding ortho intramolecular Hbond substituents is 1. The number of rotatable bonds is 4. The van der Waals surface area contributed by atoms with Gasteiger partial charge in [-0.25, -0.2) is 4.39 Å². The van der Waals surface area contributed by atoms with Crippen molar-refractivity contribution in [2.45, 2.75) is 18.6 Å². The third-order valence-corrected chi connectivity index (χ3v) is 4.69. The number of ether oxygens (including phenoxy) is 1. The number of benzene rings is 2. The van der Waals surface area contributed by atoms with Gasteiger partial charge in [0.05, 0.1) is 11.6 Å². The standard InChI is InChI=1S/C19H17F7N2O2.2ClH/c20-14-6-5-13(18(21,22)23)15(17(14)29)16(28-9-7-27-8-10-28)11-1-3-12(4-2-11)30-19(24,25)26;;/h1-6,16,27,29H,7-10H2;2*1H/t16-;;/m0../s1. The van der Waals surface area contributed by atoms with Crippen LogP contribution in [-0.4, -0.2) is 42.5 Å². The van der Waals surface area contributed by atoms with E-state index in [9.17, 15) is 35.8 Å². The first-order chi connectivity index (χ1) is 14.0. The summed E-state index contributed by atoms with van der Waals surface area (Å²) in [6.07, 6.45) is -9.81. The lowest BCUT2D eigenvalue weighted by Crippen LogP contribution is -2.45. The average molecular weight is 511 g/mol. The fourth-order valence-corrected chi connectivity index (χ4v) is 3.46. The first-order valence-electron chi connectivity index (χ1n) is 8.86. The monoisotopic (exact) mass is 510 g/mol. The molecule has 0 amide bonds. The van der Waals surface area contributed by atoms with Crippen molar-refractivity contribution in [2.24, 2.45) is 0 Å². The molecule has 2 N–H and O–H groups in total. The largest absolute Gasteiger partial charge is 0.573 e. The van der Waals surface area contributed by atoms with Crippen LogP contribution in [-0.2, 0) is 6.18 Å². The summed E-state index contributed by atoms with van der Waals surface area (Å²) in [5.74, 6) is -2.93. The molecule has 1 heterocycles. The van der Waals surface area contributed by atoms with Gasteiger partial charge in [-0.05, 0) is 29.8 Å². The Kier molecular flexibility index (Phi) is 9.46. The van der Waals surface area contributed by atoms with E-state index in [4.69, 9.17) is 0 Å². The van der Waals surface area contributed by atoms with Crippen molar-refractivity contribution < 1.29 is 40.6 Å². The van der Waals surface area contributed by atoms with Crippen LogP contribution in [0.3, 0.4) is 0 Å². The van der Waals surface area contributed by atoms with Crippen molar-refractivity contribution in [1.82, 2.24) is 10.2 Å². The number of alkyl halides is 6. The number of nitrogens with zero attached hydrogens (tertiary/aromatic N) is 1. The van der Waals surface area contributed by atoms with Crippen LogP contribution in [0.1, 0.15) is 22.7 Å². The van der Waals surface area contributed by atoms with Gasteiger partial charge in [0.25, 0.3) is 0 Å². The van der Waals surface area contributed by atoms with Gasteiger partial charge in [0.15, 0.2) is 11.6 Å². The fourth-order valence-electron chi connectivity index (χ4n) is 3.46. The first-order valence-corrected chi connectivity index (χ1v) is 8.86. The molecule has 0 saturated carbocycles. The van der Waals surface area contributed by atoms with E-state index in [0.29, 0.717) is 25.2 Å². The topological polar surface area (TPSA) is 44.7 Å². The Hall–Kier alpha value is -1.95. The molecule has 1 aliphatic rings. The van der Waals surface area contributed by atoms with Gasteiger partial charge < -0.3 is 15.2 Å². The number of halogens is 9. The number of phenols is 1. The Bertz CT molecular complexity index is 887. The van der Waals surface area contributed by atoms with Crippen LogP contribution in [0.25, 0.3) is 0 Å². The number of piperazine rings is 1. The van der Waals surface area contributed by atoms with Crippen molar-refractivity contribution in [3.63, 3.8) is 0 Å². The minimum atomic E-state index is -4.93. The van der Waals surface area contributed by atoms with Crippen LogP contribution < -0.4 is 10.1 Å². The Morgan fingerprint density at radius 2 is 1.47 bits per heavy atom. The van der Waals surface area contributed by atoms with E-state index in [0.717, 1.165) is 24.3 Å². The summed E-state index contributed by atoms with van der Waals surface area (Å²) in [5.41, 5.74) is -1.76. The predicted molar refractivity (Wildman–Crippen MR) is 107 cm³/mol. The average Bonchev–Trinajstić information content (AvgIpc) is 2.65. The van der Waals surface area contributed by atoms with Crippen LogP contribution in [0, 0.1) is 5.82 Å². The molecule has 3 rings (SSSR count). The van der Waals surface area contributed by atoms with E-state index in [-0.39, 0.29) is 43.5 Å². The molecule has 1 atom stereocenters. The lowest BCUT2D eigenvalue weighted by Gasteiger charge is -2.37. The van der Waals surface area contributed by atoms with Crippen molar-refractivity contribution in [2.75, 3.05) is 26.2 Å². The van der Waals surface area contributed by atoms with Gasteiger partial charge in [-0.15, -0.1) is 38.0 Å². The Morgan fingerprint density at radius 1 is 0.906 bits per heavy atom. The Morgan fingerprint density at radius 3 is 1.97 bits per heavy atom. The van der Waals surface area contributed by atoms with E-state index < -0.39 is 47.0 Å². The smallest absolute Gasteiger partial charge is 0.505 e. The summed E-state index contributed by atoms with van der Waals surface area (Å²) >= 11 is 0. The van der Waals surface area contributed by atoms with Gasteiger partial charge in [-0.3, -0.25) is 4.90 Å². The molecule has 32 heavy (non-hydrogen) atoms. The zero-order valence-corrected chi connectivity index (χ0v) is 17.8. The van der Waals surface area contributed by atoms with E-state index >= 15 is 0 Å². The summed E-state index contributed by atoms with van der Waals surface area (Å²) in [6.45, 7) is 1.42. The quantitative estimate of drug-likeness (QED) is 0.549. The summed E-state index contributed by atoms with van der Waals surface area (Å²) < 4.78 is 96.0. The molecule has 0 aromatic heterocycles. The van der Waals surface area contributed by atoms with Gasteiger partial charge in [-0.1, -0.05) is 12.1 Å². The molecule has 0 unspecified atom stereocenters. The number of hydrogen-bond acceptors (Lipinski definition) is 4. The van der Waals surface area contributed by atoms with E-state index in [2.05, 4.69) is 10.1 Å². The Balaban J connectivity index is 0.00000256. The molecule has 0 aliphatic carbocycles. The SMILES string of the molecule is Cl.Cl.Oc1c(F)ccc(C(F)(F)F)c1[C@H](c1ccc(OC(F)(F)F)cc1)N1CCNCC1. The van der Waals surface area contributed by atoms with E-state index in [1.165, 1.54) is 0 Å².